The van der Waals surface area contributed by atoms with Gasteiger partial charge in [-0.05, 0) is 30.5 Å². The number of hydrogen-bond acceptors (Lipinski definition) is 2. The standard InChI is InChI=1S/C15H16ClF3N2/c16-9-10-5-7-11(8-6-10)21-13-4-2-1-3-12(13)14(20-21)15(17,18)19/h5-8,12-13H,1-4,9H2. The van der Waals surface area contributed by atoms with Gasteiger partial charge in [0.2, 0.25) is 0 Å². The summed E-state index contributed by atoms with van der Waals surface area (Å²) in [6.07, 6.45) is -1.22. The lowest BCUT2D eigenvalue weighted by Crippen LogP contribution is -2.39. The summed E-state index contributed by atoms with van der Waals surface area (Å²) in [5, 5.41) is 5.48. The quantitative estimate of drug-likeness (QED) is 0.721. The van der Waals surface area contributed by atoms with Gasteiger partial charge in [0, 0.05) is 11.8 Å². The lowest BCUT2D eigenvalue weighted by atomic mass is 9.82. The third-order valence-electron chi connectivity index (χ3n) is 4.26. The summed E-state index contributed by atoms with van der Waals surface area (Å²) in [4.78, 5) is 0. The van der Waals surface area contributed by atoms with Crippen LogP contribution >= 0.6 is 11.6 Å². The minimum atomic E-state index is -4.34. The van der Waals surface area contributed by atoms with Crippen LogP contribution in [0.4, 0.5) is 18.9 Å². The van der Waals surface area contributed by atoms with Crippen LogP contribution in [0.5, 0.6) is 0 Å². The molecule has 0 N–H and O–H groups in total. The molecule has 1 heterocycles. The van der Waals surface area contributed by atoms with Crippen molar-refractivity contribution in [1.29, 1.82) is 0 Å². The molecular formula is C15H16ClF3N2. The summed E-state index contributed by atoms with van der Waals surface area (Å²) < 4.78 is 39.5. The van der Waals surface area contributed by atoms with Crippen LogP contribution < -0.4 is 5.01 Å². The number of hydrazone groups is 1. The number of alkyl halides is 4. The molecular weight excluding hydrogens is 301 g/mol. The zero-order valence-electron chi connectivity index (χ0n) is 11.4. The van der Waals surface area contributed by atoms with E-state index >= 15 is 0 Å². The van der Waals surface area contributed by atoms with E-state index in [4.69, 9.17) is 11.6 Å². The molecule has 1 aliphatic carbocycles. The van der Waals surface area contributed by atoms with E-state index in [1.165, 1.54) is 0 Å². The Morgan fingerprint density at radius 2 is 1.81 bits per heavy atom. The second kappa shape index (κ2) is 5.52. The van der Waals surface area contributed by atoms with Crippen molar-refractivity contribution >= 4 is 23.0 Å². The van der Waals surface area contributed by atoms with E-state index in [-0.39, 0.29) is 6.04 Å². The first-order valence-corrected chi connectivity index (χ1v) is 7.64. The molecule has 0 amide bonds. The summed E-state index contributed by atoms with van der Waals surface area (Å²) in [5.41, 5.74) is 1.04. The molecule has 1 aromatic carbocycles. The second-order valence-electron chi connectivity index (χ2n) is 5.59. The molecule has 3 rings (SSSR count). The molecule has 0 spiro atoms. The fourth-order valence-corrected chi connectivity index (χ4v) is 3.42. The molecule has 1 fully saturated rings. The largest absolute Gasteiger partial charge is 0.431 e. The highest BCUT2D eigenvalue weighted by Crippen LogP contribution is 2.41. The Labute approximate surface area is 126 Å². The fourth-order valence-electron chi connectivity index (χ4n) is 3.24. The Morgan fingerprint density at radius 1 is 1.14 bits per heavy atom. The number of anilines is 1. The van der Waals surface area contributed by atoms with Gasteiger partial charge in [-0.1, -0.05) is 25.0 Å². The minimum absolute atomic E-state index is 0.169. The van der Waals surface area contributed by atoms with Gasteiger partial charge in [0.1, 0.15) is 5.71 Å². The third kappa shape index (κ3) is 2.76. The van der Waals surface area contributed by atoms with Crippen molar-refractivity contribution in [2.45, 2.75) is 43.8 Å². The van der Waals surface area contributed by atoms with Crippen LogP contribution in [0.3, 0.4) is 0 Å². The molecule has 0 aromatic heterocycles. The summed E-state index contributed by atoms with van der Waals surface area (Å²) in [7, 11) is 0. The number of hydrogen-bond donors (Lipinski definition) is 0. The SMILES string of the molecule is FC(F)(F)C1=NN(c2ccc(CCl)cc2)C2CCCCC12. The average molecular weight is 317 g/mol. The van der Waals surface area contributed by atoms with Gasteiger partial charge in [-0.3, -0.25) is 5.01 Å². The van der Waals surface area contributed by atoms with Crippen LogP contribution in [0.25, 0.3) is 0 Å². The van der Waals surface area contributed by atoms with Crippen molar-refractivity contribution in [2.75, 3.05) is 5.01 Å². The van der Waals surface area contributed by atoms with Gasteiger partial charge in [0.05, 0.1) is 11.7 Å². The predicted octanol–water partition coefficient (Wildman–Crippen LogP) is 4.72. The van der Waals surface area contributed by atoms with Gasteiger partial charge in [0.25, 0.3) is 0 Å². The summed E-state index contributed by atoms with van der Waals surface area (Å²) in [6, 6.07) is 7.10. The lowest BCUT2D eigenvalue weighted by Gasteiger charge is -2.31. The Kier molecular flexibility index (Phi) is 3.86. The van der Waals surface area contributed by atoms with E-state index < -0.39 is 17.8 Å². The van der Waals surface area contributed by atoms with Crippen LogP contribution in [-0.2, 0) is 5.88 Å². The highest BCUT2D eigenvalue weighted by Gasteiger charge is 2.50. The van der Waals surface area contributed by atoms with Crippen LogP contribution in [0.2, 0.25) is 0 Å². The Hall–Kier alpha value is -1.23. The van der Waals surface area contributed by atoms with Gasteiger partial charge in [0.15, 0.2) is 0 Å². The maximum Gasteiger partial charge on any atom is 0.431 e. The van der Waals surface area contributed by atoms with E-state index in [1.807, 2.05) is 12.1 Å². The molecule has 2 atom stereocenters. The van der Waals surface area contributed by atoms with Gasteiger partial charge < -0.3 is 0 Å². The molecule has 0 radical (unpaired) electrons. The third-order valence-corrected chi connectivity index (χ3v) is 4.56. The van der Waals surface area contributed by atoms with Crippen molar-refractivity contribution in [3.8, 4) is 0 Å². The number of halogens is 4. The van der Waals surface area contributed by atoms with Crippen molar-refractivity contribution in [1.82, 2.24) is 0 Å². The normalized spacial score (nSPS) is 25.7. The van der Waals surface area contributed by atoms with E-state index in [1.54, 1.807) is 17.1 Å². The number of rotatable bonds is 2. The van der Waals surface area contributed by atoms with Crippen molar-refractivity contribution in [3.63, 3.8) is 0 Å². The van der Waals surface area contributed by atoms with E-state index in [0.29, 0.717) is 18.0 Å². The van der Waals surface area contributed by atoms with E-state index in [0.717, 1.165) is 24.8 Å². The summed E-state index contributed by atoms with van der Waals surface area (Å²) in [5.74, 6) is -0.102. The first-order valence-electron chi connectivity index (χ1n) is 7.10. The molecule has 2 unspecified atom stereocenters. The van der Waals surface area contributed by atoms with Crippen LogP contribution in [0.1, 0.15) is 31.2 Å². The lowest BCUT2D eigenvalue weighted by molar-refractivity contribution is -0.0628. The number of nitrogens with zero attached hydrogens (tertiary/aromatic N) is 2. The van der Waals surface area contributed by atoms with Crippen molar-refractivity contribution < 1.29 is 13.2 Å². The summed E-state index contributed by atoms with van der Waals surface area (Å²) in [6.45, 7) is 0. The molecule has 21 heavy (non-hydrogen) atoms. The van der Waals surface area contributed by atoms with Gasteiger partial charge >= 0.3 is 6.18 Å². The molecule has 2 nitrogen and oxygen atoms in total. The maximum atomic E-state index is 13.2. The average Bonchev–Trinajstić information content (AvgIpc) is 2.87. The highest BCUT2D eigenvalue weighted by atomic mass is 35.5. The zero-order chi connectivity index (χ0) is 15.0. The second-order valence-corrected chi connectivity index (χ2v) is 5.85. The fraction of sp³-hybridized carbons (Fsp3) is 0.533. The first kappa shape index (κ1) is 14.7. The smallest absolute Gasteiger partial charge is 0.262 e. The van der Waals surface area contributed by atoms with Crippen LogP contribution in [0, 0.1) is 5.92 Å². The minimum Gasteiger partial charge on any atom is -0.262 e. The van der Waals surface area contributed by atoms with Crippen LogP contribution in [0.15, 0.2) is 29.4 Å². The number of benzene rings is 1. The Balaban J connectivity index is 1.94. The van der Waals surface area contributed by atoms with Gasteiger partial charge in [-0.2, -0.15) is 18.3 Å². The first-order chi connectivity index (χ1) is 10.0. The molecule has 2 aliphatic rings. The maximum absolute atomic E-state index is 13.2. The molecule has 1 aliphatic heterocycles. The molecule has 1 aromatic rings. The predicted molar refractivity (Wildman–Crippen MR) is 77.7 cm³/mol. The summed E-state index contributed by atoms with van der Waals surface area (Å²) >= 11 is 5.74. The molecule has 0 saturated heterocycles. The Morgan fingerprint density at radius 3 is 2.43 bits per heavy atom. The molecule has 1 saturated carbocycles. The monoisotopic (exact) mass is 316 g/mol. The number of fused-ring (bicyclic) bond motifs is 1. The van der Waals surface area contributed by atoms with Crippen molar-refractivity contribution in [3.05, 3.63) is 29.8 Å². The van der Waals surface area contributed by atoms with E-state index in [2.05, 4.69) is 5.10 Å². The van der Waals surface area contributed by atoms with Crippen LogP contribution in [-0.4, -0.2) is 17.9 Å². The van der Waals surface area contributed by atoms with E-state index in [9.17, 15) is 13.2 Å². The Bertz CT molecular complexity index is 539. The van der Waals surface area contributed by atoms with Gasteiger partial charge in [-0.25, -0.2) is 0 Å². The van der Waals surface area contributed by atoms with Crippen molar-refractivity contribution in [2.24, 2.45) is 11.0 Å². The molecule has 6 heteroatoms. The van der Waals surface area contributed by atoms with Gasteiger partial charge in [-0.15, -0.1) is 11.6 Å². The highest BCUT2D eigenvalue weighted by molar-refractivity contribution is 6.17. The topological polar surface area (TPSA) is 15.6 Å². The zero-order valence-corrected chi connectivity index (χ0v) is 12.2. The molecule has 0 bridgehead atoms. The molecule has 114 valence electrons.